The molecule has 7 rings (SSSR count). The molecule has 2 aliphatic heterocycles. The van der Waals surface area contributed by atoms with Crippen LogP contribution in [0.2, 0.25) is 0 Å². The van der Waals surface area contributed by atoms with Gasteiger partial charge in [0.2, 0.25) is 16.8 Å². The lowest BCUT2D eigenvalue weighted by atomic mass is 9.97. The van der Waals surface area contributed by atoms with Crippen LogP contribution in [0.1, 0.15) is 24.6 Å². The predicted octanol–water partition coefficient (Wildman–Crippen LogP) is 5.65. The lowest BCUT2D eigenvalue weighted by Gasteiger charge is -2.30. The van der Waals surface area contributed by atoms with E-state index >= 15 is 0 Å². The van der Waals surface area contributed by atoms with E-state index in [4.69, 9.17) is 14.5 Å². The van der Waals surface area contributed by atoms with Crippen LogP contribution >= 0.6 is 0 Å². The van der Waals surface area contributed by atoms with Crippen LogP contribution < -0.4 is 14.4 Å². The third kappa shape index (κ3) is 4.56. The number of benzene rings is 3. The van der Waals surface area contributed by atoms with E-state index in [1.807, 2.05) is 85.7 Å². The predicted molar refractivity (Wildman–Crippen MR) is 162 cm³/mol. The molecule has 0 bridgehead atoms. The number of piperidine rings is 1. The Labute approximate surface area is 244 Å². The molecule has 5 aromatic rings. The first-order valence-corrected chi connectivity index (χ1v) is 15.4. The Morgan fingerprint density at radius 1 is 0.905 bits per heavy atom. The molecule has 1 N–H and O–H groups in total. The average Bonchev–Trinajstić information content (AvgIpc) is 3.68. The summed E-state index contributed by atoms with van der Waals surface area (Å²) < 4.78 is 40.5. The maximum absolute atomic E-state index is 13.9. The summed E-state index contributed by atoms with van der Waals surface area (Å²) in [5.74, 6) is 2.32. The number of nitrogens with one attached hydrogen (secondary N) is 1. The molecule has 1 saturated heterocycles. The van der Waals surface area contributed by atoms with Crippen molar-refractivity contribution in [3.63, 3.8) is 0 Å². The quantitative estimate of drug-likeness (QED) is 0.276. The summed E-state index contributed by atoms with van der Waals surface area (Å²) in [5, 5.41) is 1.66. The van der Waals surface area contributed by atoms with Gasteiger partial charge in [-0.1, -0.05) is 30.3 Å². The highest BCUT2D eigenvalue weighted by atomic mass is 32.2. The third-order valence-corrected chi connectivity index (χ3v) is 10.0. The molecule has 214 valence electrons. The molecule has 0 radical (unpaired) electrons. The molecule has 2 aliphatic rings. The first kappa shape index (κ1) is 26.5. The maximum Gasteiger partial charge on any atom is 0.243 e. The number of aromatic nitrogens is 3. The van der Waals surface area contributed by atoms with Gasteiger partial charge in [0.05, 0.1) is 22.0 Å². The fraction of sp³-hybridized carbons (Fsp3) is 0.250. The van der Waals surface area contributed by atoms with E-state index in [1.54, 1.807) is 16.6 Å². The van der Waals surface area contributed by atoms with Crippen LogP contribution in [0.25, 0.3) is 33.4 Å². The van der Waals surface area contributed by atoms with E-state index in [0.29, 0.717) is 42.3 Å². The van der Waals surface area contributed by atoms with Crippen LogP contribution in [0, 0.1) is 0 Å². The van der Waals surface area contributed by atoms with Crippen molar-refractivity contribution in [3.05, 3.63) is 84.8 Å². The molecule has 3 aromatic carbocycles. The Morgan fingerprint density at radius 2 is 1.69 bits per heavy atom. The van der Waals surface area contributed by atoms with Crippen LogP contribution in [0.5, 0.6) is 11.5 Å². The van der Waals surface area contributed by atoms with Gasteiger partial charge < -0.3 is 19.4 Å². The molecule has 9 nitrogen and oxygen atoms in total. The Bertz CT molecular complexity index is 1880. The van der Waals surface area contributed by atoms with Gasteiger partial charge in [-0.15, -0.1) is 0 Å². The molecule has 0 atom stereocenters. The van der Waals surface area contributed by atoms with Gasteiger partial charge >= 0.3 is 0 Å². The van der Waals surface area contributed by atoms with Crippen molar-refractivity contribution in [1.29, 1.82) is 0 Å². The van der Waals surface area contributed by atoms with Crippen molar-refractivity contribution in [1.82, 2.24) is 19.3 Å². The van der Waals surface area contributed by atoms with Gasteiger partial charge in [-0.3, -0.25) is 4.98 Å². The van der Waals surface area contributed by atoms with Gasteiger partial charge in [-0.2, -0.15) is 4.31 Å². The van der Waals surface area contributed by atoms with Crippen molar-refractivity contribution in [2.24, 2.45) is 0 Å². The molecule has 0 amide bonds. The summed E-state index contributed by atoms with van der Waals surface area (Å²) in [5.41, 5.74) is 4.28. The fourth-order valence-electron chi connectivity index (χ4n) is 5.92. The van der Waals surface area contributed by atoms with Crippen molar-refractivity contribution in [2.75, 3.05) is 38.9 Å². The second kappa shape index (κ2) is 10.5. The van der Waals surface area contributed by atoms with Gasteiger partial charge in [0.15, 0.2) is 11.5 Å². The van der Waals surface area contributed by atoms with E-state index in [9.17, 15) is 8.42 Å². The lowest BCUT2D eigenvalue weighted by Crippen LogP contribution is -2.38. The minimum Gasteiger partial charge on any atom is -0.454 e. The van der Waals surface area contributed by atoms with Crippen molar-refractivity contribution >= 4 is 26.5 Å². The van der Waals surface area contributed by atoms with Crippen LogP contribution in [-0.4, -0.2) is 61.7 Å². The molecular weight excluding hydrogens is 550 g/mol. The first-order chi connectivity index (χ1) is 20.4. The molecule has 2 aromatic heterocycles. The number of hydrogen-bond acceptors (Lipinski definition) is 7. The Hall–Kier alpha value is -4.41. The smallest absolute Gasteiger partial charge is 0.243 e. The number of anilines is 1. The van der Waals surface area contributed by atoms with E-state index in [-0.39, 0.29) is 12.7 Å². The minimum atomic E-state index is -3.68. The van der Waals surface area contributed by atoms with E-state index in [1.165, 1.54) is 0 Å². The zero-order valence-electron chi connectivity index (χ0n) is 23.4. The number of aromatic amines is 1. The zero-order chi connectivity index (χ0) is 28.8. The van der Waals surface area contributed by atoms with Crippen molar-refractivity contribution in [2.45, 2.75) is 23.7 Å². The van der Waals surface area contributed by atoms with Gasteiger partial charge in [0, 0.05) is 61.3 Å². The molecule has 0 spiro atoms. The lowest BCUT2D eigenvalue weighted by molar-refractivity contribution is 0.174. The summed E-state index contributed by atoms with van der Waals surface area (Å²) in [7, 11) is 0.247. The maximum atomic E-state index is 13.9. The van der Waals surface area contributed by atoms with Crippen LogP contribution in [0.15, 0.2) is 83.9 Å². The molecule has 0 unspecified atom stereocenters. The summed E-state index contributed by atoms with van der Waals surface area (Å²) in [6.07, 6.45) is 3.07. The van der Waals surface area contributed by atoms with Crippen LogP contribution in [0.4, 0.5) is 5.69 Å². The second-order valence-corrected chi connectivity index (χ2v) is 12.7. The number of fused-ring (bicyclic) bond motifs is 2. The monoisotopic (exact) mass is 581 g/mol. The SMILES string of the molecule is CN(C)c1cccc2c(S(=O)(=O)N3CCC(c4nc(-c5ccc6c(c5)OCO6)c(-c5ccccn5)[nH]4)CC3)cccc12. The fourth-order valence-corrected chi connectivity index (χ4v) is 7.60. The number of rotatable bonds is 6. The Kier molecular flexibility index (Phi) is 6.59. The Morgan fingerprint density at radius 3 is 2.48 bits per heavy atom. The third-order valence-electron chi connectivity index (χ3n) is 8.09. The largest absolute Gasteiger partial charge is 0.454 e. The van der Waals surface area contributed by atoms with E-state index in [2.05, 4.69) is 9.97 Å². The summed E-state index contributed by atoms with van der Waals surface area (Å²) >= 11 is 0. The standard InChI is InChI=1S/C32H31N5O4S/c1-36(2)26-10-5-8-24-23(26)7-6-11-29(24)42(38,39)37-17-14-21(15-18-37)32-34-30(31(35-32)25-9-3-4-16-33-25)22-12-13-27-28(19-22)41-20-40-27/h3-13,16,19,21H,14-15,17-18,20H2,1-2H3,(H,34,35). The number of imidazole rings is 1. The summed E-state index contributed by atoms with van der Waals surface area (Å²) in [4.78, 5) is 15.5. The topological polar surface area (TPSA) is 101 Å². The highest BCUT2D eigenvalue weighted by molar-refractivity contribution is 7.89. The van der Waals surface area contributed by atoms with Crippen LogP contribution in [0.3, 0.4) is 0 Å². The molecule has 0 saturated carbocycles. The number of H-pyrrole nitrogens is 1. The molecule has 4 heterocycles. The van der Waals surface area contributed by atoms with Gasteiger partial charge in [-0.25, -0.2) is 13.4 Å². The van der Waals surface area contributed by atoms with Crippen LogP contribution in [-0.2, 0) is 10.0 Å². The average molecular weight is 582 g/mol. The number of sulfonamides is 1. The summed E-state index contributed by atoms with van der Waals surface area (Å²) in [6, 6.07) is 22.9. The summed E-state index contributed by atoms with van der Waals surface area (Å²) in [6.45, 7) is 1.03. The number of hydrogen-bond donors (Lipinski definition) is 1. The molecular formula is C32H31N5O4S. The normalized spacial score (nSPS) is 15.8. The molecule has 10 heteroatoms. The number of nitrogens with zero attached hydrogens (tertiary/aromatic N) is 4. The Balaban J connectivity index is 1.17. The highest BCUT2D eigenvalue weighted by Crippen LogP contribution is 2.40. The second-order valence-electron chi connectivity index (χ2n) is 10.8. The van der Waals surface area contributed by atoms with Gasteiger partial charge in [-0.05, 0) is 55.3 Å². The minimum absolute atomic E-state index is 0.0783. The molecule has 1 fully saturated rings. The molecule has 42 heavy (non-hydrogen) atoms. The van der Waals surface area contributed by atoms with Gasteiger partial charge in [0.25, 0.3) is 0 Å². The zero-order valence-corrected chi connectivity index (χ0v) is 24.3. The number of ether oxygens (including phenoxy) is 2. The van der Waals surface area contributed by atoms with E-state index in [0.717, 1.165) is 44.9 Å². The van der Waals surface area contributed by atoms with Crippen molar-refractivity contribution < 1.29 is 17.9 Å². The molecule has 0 aliphatic carbocycles. The number of pyridine rings is 1. The first-order valence-electron chi connectivity index (χ1n) is 14.0. The van der Waals surface area contributed by atoms with Crippen molar-refractivity contribution in [3.8, 4) is 34.1 Å². The highest BCUT2D eigenvalue weighted by Gasteiger charge is 2.33. The van der Waals surface area contributed by atoms with E-state index < -0.39 is 10.0 Å². The van der Waals surface area contributed by atoms with Gasteiger partial charge in [0.1, 0.15) is 5.82 Å².